The first kappa shape index (κ1) is 13.6. The standard InChI is InChI=1S/C15H14N2O3S/c1-11-10-13-14(20-2)8-9-16-15(13)17(11)21(18,19)12-6-4-3-5-7-12/h3-10H,1-2H3. The Morgan fingerprint density at radius 1 is 1.14 bits per heavy atom. The van der Waals surface area contributed by atoms with Crippen LogP contribution in [0.1, 0.15) is 5.69 Å². The summed E-state index contributed by atoms with van der Waals surface area (Å²) in [6, 6.07) is 11.8. The third kappa shape index (κ3) is 2.08. The molecule has 0 saturated carbocycles. The van der Waals surface area contributed by atoms with Crippen LogP contribution in [-0.2, 0) is 10.0 Å². The van der Waals surface area contributed by atoms with E-state index in [0.29, 0.717) is 22.5 Å². The third-order valence-corrected chi connectivity index (χ3v) is 5.11. The van der Waals surface area contributed by atoms with Crippen molar-refractivity contribution in [2.75, 3.05) is 7.11 Å². The molecule has 0 aliphatic rings. The summed E-state index contributed by atoms with van der Waals surface area (Å²) < 4.78 is 32.1. The van der Waals surface area contributed by atoms with Gasteiger partial charge in [0.25, 0.3) is 10.0 Å². The van der Waals surface area contributed by atoms with Crippen molar-refractivity contribution in [2.24, 2.45) is 0 Å². The van der Waals surface area contributed by atoms with E-state index in [0.717, 1.165) is 0 Å². The molecule has 1 aromatic carbocycles. The highest BCUT2D eigenvalue weighted by Gasteiger charge is 2.23. The summed E-state index contributed by atoms with van der Waals surface area (Å²) >= 11 is 0. The lowest BCUT2D eigenvalue weighted by Gasteiger charge is -2.09. The molecule has 0 saturated heterocycles. The normalized spacial score (nSPS) is 11.7. The molecule has 2 aromatic heterocycles. The molecule has 5 nitrogen and oxygen atoms in total. The Morgan fingerprint density at radius 3 is 2.52 bits per heavy atom. The van der Waals surface area contributed by atoms with Gasteiger partial charge in [0.2, 0.25) is 0 Å². The number of aryl methyl sites for hydroxylation is 1. The van der Waals surface area contributed by atoms with E-state index in [4.69, 9.17) is 4.74 Å². The van der Waals surface area contributed by atoms with Gasteiger partial charge in [0, 0.05) is 11.9 Å². The molecule has 0 amide bonds. The van der Waals surface area contributed by atoms with Crippen LogP contribution in [0.25, 0.3) is 11.0 Å². The molecular weight excluding hydrogens is 288 g/mol. The average Bonchev–Trinajstić information content (AvgIpc) is 2.84. The largest absolute Gasteiger partial charge is 0.496 e. The van der Waals surface area contributed by atoms with E-state index in [1.165, 1.54) is 10.2 Å². The van der Waals surface area contributed by atoms with Crippen LogP contribution in [0, 0.1) is 6.92 Å². The van der Waals surface area contributed by atoms with E-state index in [1.807, 2.05) is 0 Å². The quantitative estimate of drug-likeness (QED) is 0.746. The molecule has 0 fully saturated rings. The van der Waals surface area contributed by atoms with E-state index < -0.39 is 10.0 Å². The van der Waals surface area contributed by atoms with Gasteiger partial charge in [-0.15, -0.1) is 0 Å². The van der Waals surface area contributed by atoms with Gasteiger partial charge in [-0.05, 0) is 31.2 Å². The lowest BCUT2D eigenvalue weighted by molar-refractivity contribution is 0.419. The molecule has 0 N–H and O–H groups in total. The molecule has 108 valence electrons. The Balaban J connectivity index is 2.34. The second-order valence-corrected chi connectivity index (χ2v) is 6.41. The third-order valence-electron chi connectivity index (χ3n) is 3.30. The summed E-state index contributed by atoms with van der Waals surface area (Å²) in [7, 11) is -2.13. The van der Waals surface area contributed by atoms with Crippen molar-refractivity contribution >= 4 is 21.1 Å². The Bertz CT molecular complexity index is 899. The molecule has 0 aliphatic carbocycles. The van der Waals surface area contributed by atoms with Crippen molar-refractivity contribution in [1.82, 2.24) is 8.96 Å². The lowest BCUT2D eigenvalue weighted by Crippen LogP contribution is -2.14. The van der Waals surface area contributed by atoms with Gasteiger partial charge in [0.15, 0.2) is 5.65 Å². The zero-order valence-electron chi connectivity index (χ0n) is 11.6. The average molecular weight is 302 g/mol. The summed E-state index contributed by atoms with van der Waals surface area (Å²) in [5, 5.41) is 0.678. The number of rotatable bonds is 3. The SMILES string of the molecule is COc1ccnc2c1cc(C)n2S(=O)(=O)c1ccccc1. The van der Waals surface area contributed by atoms with Crippen LogP contribution in [0.2, 0.25) is 0 Å². The predicted octanol–water partition coefficient (Wildman–Crippen LogP) is 2.59. The Labute approximate surface area is 122 Å². The van der Waals surface area contributed by atoms with Gasteiger partial charge in [0.05, 0.1) is 17.4 Å². The highest BCUT2D eigenvalue weighted by Crippen LogP contribution is 2.29. The predicted molar refractivity (Wildman–Crippen MR) is 80.0 cm³/mol. The van der Waals surface area contributed by atoms with Gasteiger partial charge in [-0.3, -0.25) is 0 Å². The zero-order valence-corrected chi connectivity index (χ0v) is 12.5. The molecule has 6 heteroatoms. The van der Waals surface area contributed by atoms with Gasteiger partial charge in [-0.25, -0.2) is 17.4 Å². The maximum Gasteiger partial charge on any atom is 0.269 e. The monoisotopic (exact) mass is 302 g/mol. The second kappa shape index (κ2) is 4.89. The van der Waals surface area contributed by atoms with Crippen LogP contribution in [0.5, 0.6) is 5.75 Å². The number of benzene rings is 1. The maximum atomic E-state index is 12.8. The minimum Gasteiger partial charge on any atom is -0.496 e. The number of hydrogen-bond acceptors (Lipinski definition) is 4. The van der Waals surface area contributed by atoms with Crippen LogP contribution in [0.15, 0.2) is 53.6 Å². The van der Waals surface area contributed by atoms with Crippen LogP contribution >= 0.6 is 0 Å². The topological polar surface area (TPSA) is 61.2 Å². The van der Waals surface area contributed by atoms with Crippen LogP contribution in [0.4, 0.5) is 0 Å². The Kier molecular flexibility index (Phi) is 3.17. The molecule has 0 aliphatic heterocycles. The van der Waals surface area contributed by atoms with Gasteiger partial charge < -0.3 is 4.74 Å². The van der Waals surface area contributed by atoms with Gasteiger partial charge in [0.1, 0.15) is 5.75 Å². The highest BCUT2D eigenvalue weighted by molar-refractivity contribution is 7.90. The van der Waals surface area contributed by atoms with Crippen LogP contribution in [-0.4, -0.2) is 24.5 Å². The molecule has 0 radical (unpaired) electrons. The van der Waals surface area contributed by atoms with Crippen molar-refractivity contribution in [3.63, 3.8) is 0 Å². The number of aromatic nitrogens is 2. The maximum absolute atomic E-state index is 12.8. The minimum atomic E-state index is -3.68. The van der Waals surface area contributed by atoms with Crippen molar-refractivity contribution in [2.45, 2.75) is 11.8 Å². The molecule has 3 rings (SSSR count). The van der Waals surface area contributed by atoms with Crippen LogP contribution in [0.3, 0.4) is 0 Å². The number of fused-ring (bicyclic) bond motifs is 1. The zero-order chi connectivity index (χ0) is 15.0. The fraction of sp³-hybridized carbons (Fsp3) is 0.133. The first-order valence-electron chi connectivity index (χ1n) is 6.37. The Morgan fingerprint density at radius 2 is 1.86 bits per heavy atom. The summed E-state index contributed by atoms with van der Waals surface area (Å²) in [4.78, 5) is 4.44. The van der Waals surface area contributed by atoms with Crippen molar-refractivity contribution in [3.05, 3.63) is 54.4 Å². The summed E-state index contributed by atoms with van der Waals surface area (Å²) in [6.45, 7) is 1.74. The molecule has 0 unspecified atom stereocenters. The molecular formula is C15H14N2O3S. The number of pyridine rings is 1. The smallest absolute Gasteiger partial charge is 0.269 e. The molecule has 21 heavy (non-hydrogen) atoms. The van der Waals surface area contributed by atoms with E-state index in [1.54, 1.807) is 56.5 Å². The molecule has 2 heterocycles. The van der Waals surface area contributed by atoms with E-state index >= 15 is 0 Å². The lowest BCUT2D eigenvalue weighted by atomic mass is 10.3. The first-order valence-corrected chi connectivity index (χ1v) is 7.81. The summed E-state index contributed by atoms with van der Waals surface area (Å²) in [6.07, 6.45) is 1.54. The number of methoxy groups -OCH3 is 1. The molecule has 3 aromatic rings. The van der Waals surface area contributed by atoms with E-state index in [2.05, 4.69) is 4.98 Å². The van der Waals surface area contributed by atoms with Crippen molar-refractivity contribution in [1.29, 1.82) is 0 Å². The summed E-state index contributed by atoms with van der Waals surface area (Å²) in [5.41, 5.74) is 0.960. The molecule has 0 atom stereocenters. The second-order valence-electron chi connectivity index (χ2n) is 4.62. The number of ether oxygens (including phenoxy) is 1. The Hall–Kier alpha value is -2.34. The van der Waals surface area contributed by atoms with Gasteiger partial charge in [-0.2, -0.15) is 0 Å². The fourth-order valence-electron chi connectivity index (χ4n) is 2.36. The van der Waals surface area contributed by atoms with Crippen molar-refractivity contribution < 1.29 is 13.2 Å². The van der Waals surface area contributed by atoms with E-state index in [-0.39, 0.29) is 4.90 Å². The fourth-order valence-corrected chi connectivity index (χ4v) is 3.87. The van der Waals surface area contributed by atoms with Gasteiger partial charge >= 0.3 is 0 Å². The van der Waals surface area contributed by atoms with E-state index in [9.17, 15) is 8.42 Å². The first-order chi connectivity index (χ1) is 10.1. The summed E-state index contributed by atoms with van der Waals surface area (Å²) in [5.74, 6) is 0.602. The van der Waals surface area contributed by atoms with Crippen molar-refractivity contribution in [3.8, 4) is 5.75 Å². The molecule has 0 bridgehead atoms. The molecule has 0 spiro atoms. The van der Waals surface area contributed by atoms with Crippen LogP contribution < -0.4 is 4.74 Å². The number of nitrogens with zero attached hydrogens (tertiary/aromatic N) is 2. The highest BCUT2D eigenvalue weighted by atomic mass is 32.2. The minimum absolute atomic E-state index is 0.232. The number of hydrogen-bond donors (Lipinski definition) is 0. The van der Waals surface area contributed by atoms with Gasteiger partial charge in [-0.1, -0.05) is 18.2 Å².